The summed E-state index contributed by atoms with van der Waals surface area (Å²) in [5, 5.41) is 0. The highest BCUT2D eigenvalue weighted by Crippen LogP contribution is 2.33. The highest BCUT2D eigenvalue weighted by atomic mass is 19.1. The quantitative estimate of drug-likeness (QED) is 0.0282. The molecule has 0 spiro atoms. The van der Waals surface area contributed by atoms with Gasteiger partial charge >= 0.3 is 0 Å². The third-order valence-electron chi connectivity index (χ3n) is 21.7. The van der Waals surface area contributed by atoms with Crippen LogP contribution in [0.25, 0.3) is 44.5 Å². The highest BCUT2D eigenvalue weighted by Gasteiger charge is 2.23. The van der Waals surface area contributed by atoms with Crippen molar-refractivity contribution in [3.63, 3.8) is 0 Å². The van der Waals surface area contributed by atoms with Crippen LogP contribution in [0.5, 0.6) is 5.88 Å². The molecule has 12 aromatic rings. The van der Waals surface area contributed by atoms with Crippen LogP contribution in [0.3, 0.4) is 0 Å². The maximum Gasteiger partial charge on any atom is 0.226 e. The maximum absolute atomic E-state index is 14.9. The molecule has 0 fully saturated rings. The van der Waals surface area contributed by atoms with E-state index >= 15 is 0 Å². The van der Waals surface area contributed by atoms with Gasteiger partial charge in [0.25, 0.3) is 0 Å². The van der Waals surface area contributed by atoms with E-state index in [4.69, 9.17) is 10.5 Å². The van der Waals surface area contributed by atoms with Crippen LogP contribution >= 0.6 is 0 Å². The molecule has 670 valence electrons. The molecule has 2 N–H and O–H groups in total. The number of anilines is 5. The van der Waals surface area contributed by atoms with Crippen LogP contribution in [-0.4, -0.2) is 100.0 Å². The van der Waals surface area contributed by atoms with E-state index in [1.807, 2.05) is 178 Å². The van der Waals surface area contributed by atoms with E-state index in [-0.39, 0.29) is 53.2 Å². The van der Waals surface area contributed by atoms with Crippen LogP contribution in [0.15, 0.2) is 255 Å². The number of aryl methyl sites for hydroxylation is 5. The Kier molecular flexibility index (Phi) is 38.4. The number of amides is 4. The summed E-state index contributed by atoms with van der Waals surface area (Å²) in [4.78, 5) is 122. The van der Waals surface area contributed by atoms with Gasteiger partial charge in [0.05, 0.1) is 18.5 Å². The minimum Gasteiger partial charge on any atom is -0.481 e. The summed E-state index contributed by atoms with van der Waals surface area (Å²) in [5.41, 5.74) is 22.1. The molecule has 8 aromatic carbocycles. The molecule has 4 aromatic heterocycles. The zero-order valence-corrected chi connectivity index (χ0v) is 76.1. The number of halogens is 3. The van der Waals surface area contributed by atoms with Crippen molar-refractivity contribution in [2.24, 2.45) is 11.8 Å². The van der Waals surface area contributed by atoms with Gasteiger partial charge in [-0.2, -0.15) is 4.39 Å². The molecule has 0 aliphatic rings. The van der Waals surface area contributed by atoms with Crippen molar-refractivity contribution in [2.45, 2.75) is 166 Å². The number of carbonyl (C=O) groups is 8. The summed E-state index contributed by atoms with van der Waals surface area (Å²) in [6, 6.07) is 69.8. The fourth-order valence-electron chi connectivity index (χ4n) is 14.5. The Bertz CT molecular complexity index is 5520. The number of hydrogen-bond acceptors (Lipinski definition) is 14. The van der Waals surface area contributed by atoms with Crippen molar-refractivity contribution in [2.75, 3.05) is 58.6 Å². The Labute approximate surface area is 757 Å². The lowest BCUT2D eigenvalue weighted by molar-refractivity contribution is -0.119. The van der Waals surface area contributed by atoms with Gasteiger partial charge in [0, 0.05) is 153 Å². The van der Waals surface area contributed by atoms with Gasteiger partial charge in [-0.25, -0.2) is 23.7 Å². The van der Waals surface area contributed by atoms with E-state index in [9.17, 15) is 51.5 Å². The standard InChI is InChI=1S/C28H32N2O2.C27H29FN2O3.C27H29FN2O2.C26H28FN3O2/c1-5-28(32)30(19-20(2)3)26-15-12-24(13-16-26)23-8-10-25(11-9-23)27(31)17-14-22-7-6-18-29-21(22)4;1-4-16-30(27(32)5-2)24-13-12-22(17-23(24)28)20-8-10-21(11-9-20)25(31)14-6-19-7-15-26(33-3)29-18-19;1-4-26(32)30(18-19(2)3)24-14-11-21(12-15-24)20-7-9-22(10-8-20)25(31)16-13-23-6-5-17-29-27(23)28;1-3-15-30(26(32)4-2)23-12-11-21(16-22(23)27)19-7-9-20(10-8-19)24(31)13-5-18-6-14-25(28)29-17-18/h6-13,15-16,18,20H,5,14,17,19H2,1-4H3;7-13,15,17-18H,4-6,14,16H2,1-3H3;5-12,14-15,17,19H,4,13,16,18H2,1-3H3;6-12,14,16-17H,3-5,13,15H2,1-2H3,(H2,28,29). The van der Waals surface area contributed by atoms with Crippen LogP contribution in [0, 0.1) is 36.3 Å². The summed E-state index contributed by atoms with van der Waals surface area (Å²) in [7, 11) is 1.56. The van der Waals surface area contributed by atoms with Crippen LogP contribution in [0.4, 0.5) is 41.7 Å². The molecule has 12 rings (SSSR count). The number of nitrogen functional groups attached to an aromatic ring is 1. The minimum atomic E-state index is -0.522. The third-order valence-corrected chi connectivity index (χ3v) is 21.7. The van der Waals surface area contributed by atoms with Gasteiger partial charge in [-0.3, -0.25) is 43.3 Å². The van der Waals surface area contributed by atoms with Crippen LogP contribution < -0.4 is 30.1 Å². The number of methoxy groups -OCH3 is 1. The highest BCUT2D eigenvalue weighted by molar-refractivity contribution is 6.00. The van der Waals surface area contributed by atoms with Gasteiger partial charge in [-0.05, 0) is 185 Å². The molecule has 4 heterocycles. The Hall–Kier alpha value is -13.7. The van der Waals surface area contributed by atoms with Crippen LogP contribution in [0.1, 0.15) is 203 Å². The van der Waals surface area contributed by atoms with Crippen molar-refractivity contribution < 1.29 is 56.3 Å². The number of nitrogens with two attached hydrogens (primary N) is 1. The Morgan fingerprint density at radius 2 is 0.690 bits per heavy atom. The van der Waals surface area contributed by atoms with Crippen molar-refractivity contribution in [1.82, 2.24) is 19.9 Å². The Morgan fingerprint density at radius 1 is 0.364 bits per heavy atom. The van der Waals surface area contributed by atoms with Gasteiger partial charge in [0.15, 0.2) is 23.1 Å². The van der Waals surface area contributed by atoms with E-state index in [1.165, 1.54) is 28.1 Å². The van der Waals surface area contributed by atoms with Crippen molar-refractivity contribution >= 4 is 75.3 Å². The molecular weight excluding hydrogens is 1620 g/mol. The number of nitrogens with zero attached hydrogens (tertiary/aromatic N) is 8. The predicted octanol–water partition coefficient (Wildman–Crippen LogP) is 23.7. The average Bonchev–Trinajstić information content (AvgIpc) is 0.829. The van der Waals surface area contributed by atoms with Gasteiger partial charge in [0.2, 0.25) is 35.5 Å². The number of benzene rings is 8. The first kappa shape index (κ1) is 99.1. The molecule has 0 aliphatic heterocycles. The van der Waals surface area contributed by atoms with E-state index in [2.05, 4.69) is 47.6 Å². The van der Waals surface area contributed by atoms with E-state index in [0.717, 1.165) is 85.5 Å². The minimum absolute atomic E-state index is 0.0300. The number of ether oxygens (including phenoxy) is 1. The van der Waals surface area contributed by atoms with Crippen molar-refractivity contribution in [1.29, 1.82) is 0 Å². The molecule has 4 amide bonds. The smallest absolute Gasteiger partial charge is 0.226 e. The molecule has 129 heavy (non-hydrogen) atoms. The van der Waals surface area contributed by atoms with E-state index in [0.29, 0.717) is 165 Å². The van der Waals surface area contributed by atoms with Crippen molar-refractivity contribution in [3.05, 3.63) is 323 Å². The molecule has 0 saturated heterocycles. The number of aromatic nitrogens is 4. The Morgan fingerprint density at radius 3 is 1.01 bits per heavy atom. The van der Waals surface area contributed by atoms with E-state index < -0.39 is 17.6 Å². The number of Topliss-reactive ketones (excluding diaryl/α,β-unsaturated/α-hetero) is 4. The first-order chi connectivity index (χ1) is 62.2. The number of carbonyl (C=O) groups excluding carboxylic acids is 8. The number of pyridine rings is 4. The molecule has 0 aliphatic carbocycles. The van der Waals surface area contributed by atoms with Crippen LogP contribution in [-0.2, 0) is 44.9 Å². The molecule has 0 bridgehead atoms. The fourth-order valence-corrected chi connectivity index (χ4v) is 14.5. The summed E-state index contributed by atoms with van der Waals surface area (Å²) >= 11 is 0. The molecule has 21 heteroatoms. The summed E-state index contributed by atoms with van der Waals surface area (Å²) < 4.78 is 48.4. The lowest BCUT2D eigenvalue weighted by Crippen LogP contribution is -2.33. The lowest BCUT2D eigenvalue weighted by atomic mass is 9.99. The van der Waals surface area contributed by atoms with Crippen molar-refractivity contribution in [3.8, 4) is 50.4 Å². The first-order valence-electron chi connectivity index (χ1n) is 44.4. The molecule has 0 unspecified atom stereocenters. The maximum atomic E-state index is 14.9. The second kappa shape index (κ2) is 50.0. The number of hydrogen-bond donors (Lipinski definition) is 1. The molecule has 0 radical (unpaired) electrons. The van der Waals surface area contributed by atoms with E-state index in [1.54, 1.807) is 124 Å². The van der Waals surface area contributed by atoms with Gasteiger partial charge < -0.3 is 30.1 Å². The summed E-state index contributed by atoms with van der Waals surface area (Å²) in [6.45, 7) is 24.0. The lowest BCUT2D eigenvalue weighted by Gasteiger charge is -2.24. The topological polar surface area (TPSA) is 236 Å². The molecule has 0 saturated carbocycles. The third kappa shape index (κ3) is 29.2. The molecular formula is C108H118F3N9O9. The van der Waals surface area contributed by atoms with Crippen LogP contribution in [0.2, 0.25) is 0 Å². The monoisotopic (exact) mass is 1740 g/mol. The summed E-state index contributed by atoms with van der Waals surface area (Å²) in [6.07, 6.45) is 13.3. The Balaban J connectivity index is 0.000000194. The second-order valence-corrected chi connectivity index (χ2v) is 32.2. The second-order valence-electron chi connectivity index (χ2n) is 32.2. The van der Waals surface area contributed by atoms with Gasteiger partial charge in [-0.1, -0.05) is 227 Å². The molecule has 18 nitrogen and oxygen atoms in total. The molecule has 0 atom stereocenters. The number of ketones is 4. The first-order valence-corrected chi connectivity index (χ1v) is 44.4. The average molecular weight is 1740 g/mol. The van der Waals surface area contributed by atoms with Gasteiger partial charge in [0.1, 0.15) is 17.5 Å². The number of rotatable bonds is 37. The largest absolute Gasteiger partial charge is 0.481 e. The van der Waals surface area contributed by atoms with Gasteiger partial charge in [-0.15, -0.1) is 0 Å². The zero-order chi connectivity index (χ0) is 93.1. The fraction of sp³-hybridized carbons (Fsp3) is 0.296. The normalized spacial score (nSPS) is 10.8. The SMILES string of the molecule is CCC(=O)N(CC(C)C)c1ccc(-c2ccc(C(=O)CCc3cccnc3C)cc2)cc1.CCC(=O)N(CC(C)C)c1ccc(-c2ccc(C(=O)CCc3cccnc3F)cc2)cc1.CCCN(C(=O)CC)c1ccc(-c2ccc(C(=O)CCc3ccc(N)nc3)cc2)cc1F.CCCN(C(=O)CC)c1ccc(-c2ccc(C(=O)CCc3ccc(OC)nc3)cc2)cc1F. The predicted molar refractivity (Wildman–Crippen MR) is 511 cm³/mol. The summed E-state index contributed by atoms with van der Waals surface area (Å²) in [5.74, 6) is 0.602. The zero-order valence-electron chi connectivity index (χ0n) is 76.1.